The number of likely N-dealkylation sites (tertiary alicyclic amines) is 1. The largest absolute Gasteiger partial charge is 0.381 e. The first-order chi connectivity index (χ1) is 15.3. The number of guanidine groups is 1. The SMILES string of the molecule is CCc1nncn1CCNC(=NCC(c1cccs1)N1CCCC1)NCC1CCOC1. The van der Waals surface area contributed by atoms with Crippen molar-refractivity contribution in [3.8, 4) is 0 Å². The van der Waals surface area contributed by atoms with E-state index in [2.05, 4.69) is 54.7 Å². The van der Waals surface area contributed by atoms with Gasteiger partial charge < -0.3 is 19.9 Å². The van der Waals surface area contributed by atoms with Gasteiger partial charge in [0.15, 0.2) is 5.96 Å². The Kier molecular flexibility index (Phi) is 8.31. The Morgan fingerprint density at radius 3 is 3.00 bits per heavy atom. The number of aryl methyl sites for hydroxylation is 1. The molecule has 2 unspecified atom stereocenters. The van der Waals surface area contributed by atoms with E-state index < -0.39 is 0 Å². The Balaban J connectivity index is 1.39. The van der Waals surface area contributed by atoms with Gasteiger partial charge in [-0.15, -0.1) is 21.5 Å². The molecule has 4 heterocycles. The van der Waals surface area contributed by atoms with Gasteiger partial charge in [0.25, 0.3) is 0 Å². The van der Waals surface area contributed by atoms with Crippen molar-refractivity contribution in [3.63, 3.8) is 0 Å². The number of hydrogen-bond acceptors (Lipinski definition) is 6. The van der Waals surface area contributed by atoms with Gasteiger partial charge in [-0.25, -0.2) is 0 Å². The fraction of sp³-hybridized carbons (Fsp3) is 0.682. The molecule has 0 aromatic carbocycles. The van der Waals surface area contributed by atoms with Crippen LogP contribution in [-0.4, -0.2) is 71.6 Å². The fourth-order valence-corrected chi connectivity index (χ4v) is 5.14. The predicted molar refractivity (Wildman–Crippen MR) is 125 cm³/mol. The highest BCUT2D eigenvalue weighted by atomic mass is 32.1. The molecule has 0 spiro atoms. The van der Waals surface area contributed by atoms with Gasteiger partial charge in [-0.05, 0) is 43.8 Å². The second kappa shape index (κ2) is 11.6. The van der Waals surface area contributed by atoms with Crippen LogP contribution in [0, 0.1) is 5.92 Å². The van der Waals surface area contributed by atoms with Crippen molar-refractivity contribution in [2.24, 2.45) is 10.9 Å². The summed E-state index contributed by atoms with van der Waals surface area (Å²) in [5.74, 6) is 2.46. The summed E-state index contributed by atoms with van der Waals surface area (Å²) in [6.07, 6.45) is 6.39. The van der Waals surface area contributed by atoms with Crippen LogP contribution in [0.2, 0.25) is 0 Å². The minimum atomic E-state index is 0.362. The molecule has 2 aromatic heterocycles. The molecule has 0 saturated carbocycles. The van der Waals surface area contributed by atoms with E-state index in [-0.39, 0.29) is 0 Å². The topological polar surface area (TPSA) is 79.6 Å². The summed E-state index contributed by atoms with van der Waals surface area (Å²) in [6.45, 7) is 9.42. The lowest BCUT2D eigenvalue weighted by Gasteiger charge is -2.25. The van der Waals surface area contributed by atoms with Gasteiger partial charge in [0.05, 0.1) is 19.2 Å². The summed E-state index contributed by atoms with van der Waals surface area (Å²) in [6, 6.07) is 4.76. The highest BCUT2D eigenvalue weighted by molar-refractivity contribution is 7.10. The lowest BCUT2D eigenvalue weighted by atomic mass is 10.1. The molecule has 9 heteroatoms. The van der Waals surface area contributed by atoms with E-state index in [1.807, 2.05) is 11.3 Å². The summed E-state index contributed by atoms with van der Waals surface area (Å²) in [4.78, 5) is 9.02. The number of thiophene rings is 1. The van der Waals surface area contributed by atoms with Crippen LogP contribution < -0.4 is 10.6 Å². The van der Waals surface area contributed by atoms with Crippen LogP contribution in [0.25, 0.3) is 0 Å². The quantitative estimate of drug-likeness (QED) is 0.432. The van der Waals surface area contributed by atoms with Crippen molar-refractivity contribution >= 4 is 17.3 Å². The monoisotopic (exact) mass is 445 g/mol. The zero-order valence-corrected chi connectivity index (χ0v) is 19.3. The summed E-state index contributed by atoms with van der Waals surface area (Å²) >= 11 is 1.84. The van der Waals surface area contributed by atoms with Crippen LogP contribution in [0.5, 0.6) is 0 Å². The number of aromatic nitrogens is 3. The standard InChI is InChI=1S/C22H35N7OS/c1-2-21-27-26-17-29(21)11-8-23-22(24-14-18-7-12-30-16-18)25-15-19(20-6-5-13-31-20)28-9-3-4-10-28/h5-6,13,17-19H,2-4,7-12,14-16H2,1H3,(H2,23,24,25). The van der Waals surface area contributed by atoms with Crippen LogP contribution in [-0.2, 0) is 17.7 Å². The Morgan fingerprint density at radius 2 is 2.26 bits per heavy atom. The Labute approximate surface area is 189 Å². The Hall–Kier alpha value is -1.97. The molecule has 2 atom stereocenters. The van der Waals surface area contributed by atoms with Crippen molar-refractivity contribution in [3.05, 3.63) is 34.5 Å². The molecular formula is C22H35N7OS. The van der Waals surface area contributed by atoms with Gasteiger partial charge in [0.2, 0.25) is 0 Å². The molecular weight excluding hydrogens is 410 g/mol. The summed E-state index contributed by atoms with van der Waals surface area (Å²) in [7, 11) is 0. The molecule has 0 bridgehead atoms. The van der Waals surface area contributed by atoms with Crippen molar-refractivity contribution in [2.45, 2.75) is 45.2 Å². The van der Waals surface area contributed by atoms with E-state index in [9.17, 15) is 0 Å². The third-order valence-corrected chi connectivity index (χ3v) is 7.09. The van der Waals surface area contributed by atoms with E-state index in [0.29, 0.717) is 12.0 Å². The molecule has 2 saturated heterocycles. The molecule has 0 amide bonds. The van der Waals surface area contributed by atoms with Crippen LogP contribution in [0.3, 0.4) is 0 Å². The van der Waals surface area contributed by atoms with Crippen molar-refractivity contribution < 1.29 is 4.74 Å². The van der Waals surface area contributed by atoms with Gasteiger partial charge in [0.1, 0.15) is 12.2 Å². The fourth-order valence-electron chi connectivity index (χ4n) is 4.29. The minimum Gasteiger partial charge on any atom is -0.381 e. The molecule has 2 aliphatic heterocycles. The highest BCUT2D eigenvalue weighted by Crippen LogP contribution is 2.28. The van der Waals surface area contributed by atoms with E-state index in [4.69, 9.17) is 9.73 Å². The van der Waals surface area contributed by atoms with Crippen molar-refractivity contribution in [2.75, 3.05) is 45.9 Å². The average molecular weight is 446 g/mol. The first-order valence-corrected chi connectivity index (χ1v) is 12.5. The molecule has 2 aliphatic rings. The van der Waals surface area contributed by atoms with Gasteiger partial charge in [0, 0.05) is 43.5 Å². The zero-order valence-electron chi connectivity index (χ0n) is 18.5. The second-order valence-corrected chi connectivity index (χ2v) is 9.27. The molecule has 0 aliphatic carbocycles. The first kappa shape index (κ1) is 22.2. The van der Waals surface area contributed by atoms with E-state index in [1.165, 1.54) is 30.8 Å². The van der Waals surface area contributed by atoms with E-state index in [0.717, 1.165) is 64.0 Å². The zero-order chi connectivity index (χ0) is 21.3. The van der Waals surface area contributed by atoms with Crippen LogP contribution in [0.4, 0.5) is 0 Å². The maximum absolute atomic E-state index is 5.54. The molecule has 4 rings (SSSR count). The molecule has 2 aromatic rings. The van der Waals surface area contributed by atoms with Gasteiger partial charge >= 0.3 is 0 Å². The highest BCUT2D eigenvalue weighted by Gasteiger charge is 2.24. The van der Waals surface area contributed by atoms with Gasteiger partial charge in [-0.2, -0.15) is 0 Å². The minimum absolute atomic E-state index is 0.362. The summed E-state index contributed by atoms with van der Waals surface area (Å²) in [5, 5.41) is 17.5. The summed E-state index contributed by atoms with van der Waals surface area (Å²) in [5.41, 5.74) is 0. The smallest absolute Gasteiger partial charge is 0.191 e. The predicted octanol–water partition coefficient (Wildman–Crippen LogP) is 2.31. The first-order valence-electron chi connectivity index (χ1n) is 11.6. The summed E-state index contributed by atoms with van der Waals surface area (Å²) < 4.78 is 7.64. The molecule has 170 valence electrons. The van der Waals surface area contributed by atoms with E-state index >= 15 is 0 Å². The lowest BCUT2D eigenvalue weighted by Crippen LogP contribution is -2.42. The Morgan fingerprint density at radius 1 is 1.35 bits per heavy atom. The van der Waals surface area contributed by atoms with E-state index in [1.54, 1.807) is 6.33 Å². The van der Waals surface area contributed by atoms with Crippen molar-refractivity contribution in [1.29, 1.82) is 0 Å². The molecule has 8 nitrogen and oxygen atoms in total. The third kappa shape index (κ3) is 6.27. The number of rotatable bonds is 10. The molecule has 2 fully saturated rings. The number of nitrogens with one attached hydrogen (secondary N) is 2. The normalized spacial score (nSPS) is 20.9. The third-order valence-electron chi connectivity index (χ3n) is 6.11. The van der Waals surface area contributed by atoms with Crippen molar-refractivity contribution in [1.82, 2.24) is 30.3 Å². The number of hydrogen-bond donors (Lipinski definition) is 2. The number of aliphatic imine (C=N–C) groups is 1. The molecule has 31 heavy (non-hydrogen) atoms. The van der Waals surface area contributed by atoms with Crippen LogP contribution >= 0.6 is 11.3 Å². The van der Waals surface area contributed by atoms with Crippen LogP contribution in [0.1, 0.15) is 42.9 Å². The van der Waals surface area contributed by atoms with Crippen LogP contribution in [0.15, 0.2) is 28.8 Å². The maximum Gasteiger partial charge on any atom is 0.191 e. The average Bonchev–Trinajstić information content (AvgIpc) is 3.59. The Bertz CT molecular complexity index is 795. The van der Waals surface area contributed by atoms with Gasteiger partial charge in [-0.1, -0.05) is 13.0 Å². The number of nitrogens with zero attached hydrogens (tertiary/aromatic N) is 5. The molecule has 0 radical (unpaired) electrons. The number of ether oxygens (including phenoxy) is 1. The lowest BCUT2D eigenvalue weighted by molar-refractivity contribution is 0.186. The molecule has 2 N–H and O–H groups in total. The second-order valence-electron chi connectivity index (χ2n) is 8.29. The van der Waals surface area contributed by atoms with Gasteiger partial charge in [-0.3, -0.25) is 9.89 Å². The maximum atomic E-state index is 5.54.